The van der Waals surface area contributed by atoms with Gasteiger partial charge in [-0.25, -0.2) is 0 Å². The molecule has 0 fully saturated rings. The fourth-order valence-corrected chi connectivity index (χ4v) is 2.25. The molecule has 0 radical (unpaired) electrons. The third-order valence-corrected chi connectivity index (χ3v) is 3.00. The topological polar surface area (TPSA) is 31.2 Å². The van der Waals surface area contributed by atoms with Crippen molar-refractivity contribution in [1.82, 2.24) is 4.57 Å². The number of hydrogen-bond donors (Lipinski definition) is 0. The first-order chi connectivity index (χ1) is 7.74. The second-order valence-electron chi connectivity index (χ2n) is 3.90. The Bertz CT molecular complexity index is 596. The van der Waals surface area contributed by atoms with Crippen LogP contribution in [0.15, 0.2) is 30.5 Å². The summed E-state index contributed by atoms with van der Waals surface area (Å²) in [5.74, 6) is 0.846. The van der Waals surface area contributed by atoms with E-state index >= 15 is 0 Å². The van der Waals surface area contributed by atoms with Gasteiger partial charge in [0.05, 0.1) is 24.1 Å². The average molecular weight is 213 g/mol. The van der Waals surface area contributed by atoms with Gasteiger partial charge in [-0.2, -0.15) is 0 Å². The van der Waals surface area contributed by atoms with Gasteiger partial charge in [0.15, 0.2) is 0 Å². The Labute approximate surface area is 93.3 Å². The van der Waals surface area contributed by atoms with Crippen LogP contribution in [0.2, 0.25) is 0 Å². The first kappa shape index (κ1) is 9.21. The zero-order valence-corrected chi connectivity index (χ0v) is 9.15. The van der Waals surface area contributed by atoms with Gasteiger partial charge in [0, 0.05) is 6.20 Å². The number of carbonyl (C=O) groups excluding carboxylic acids is 1. The monoisotopic (exact) mass is 213 g/mol. The van der Waals surface area contributed by atoms with E-state index in [1.54, 1.807) is 7.11 Å². The van der Waals surface area contributed by atoms with E-state index in [2.05, 4.69) is 0 Å². The minimum atomic E-state index is 0.0679. The van der Waals surface area contributed by atoms with E-state index in [1.807, 2.05) is 42.0 Å². The number of ether oxygens (including phenoxy) is 1. The number of methoxy groups -OCH3 is 1. The van der Waals surface area contributed by atoms with Crippen LogP contribution in [0.1, 0.15) is 21.6 Å². The molecule has 1 aromatic heterocycles. The minimum Gasteiger partial charge on any atom is -0.494 e. The molecule has 80 valence electrons. The molecular weight excluding hydrogens is 202 g/mol. The number of ketones is 1. The van der Waals surface area contributed by atoms with Gasteiger partial charge in [-0.05, 0) is 30.7 Å². The van der Waals surface area contributed by atoms with Crippen LogP contribution in [-0.2, 0) is 0 Å². The van der Waals surface area contributed by atoms with Crippen molar-refractivity contribution in [2.75, 3.05) is 7.11 Å². The highest BCUT2D eigenvalue weighted by Gasteiger charge is 2.29. The molecule has 0 unspecified atom stereocenters. The van der Waals surface area contributed by atoms with Gasteiger partial charge in [-0.1, -0.05) is 6.07 Å². The van der Waals surface area contributed by atoms with Crippen LogP contribution in [0.25, 0.3) is 5.69 Å². The number of rotatable bonds is 1. The first-order valence-electron chi connectivity index (χ1n) is 5.14. The summed E-state index contributed by atoms with van der Waals surface area (Å²) in [5, 5.41) is 0. The number of nitrogens with zero attached hydrogens (tertiary/aromatic N) is 1. The third kappa shape index (κ3) is 0.949. The molecule has 1 aliphatic rings. The molecule has 0 atom stereocenters. The molecule has 2 heterocycles. The van der Waals surface area contributed by atoms with Crippen LogP contribution >= 0.6 is 0 Å². The number of carbonyl (C=O) groups is 1. The van der Waals surface area contributed by atoms with E-state index in [1.165, 1.54) is 0 Å². The van der Waals surface area contributed by atoms with Gasteiger partial charge >= 0.3 is 0 Å². The second kappa shape index (κ2) is 2.98. The Hall–Kier alpha value is -2.03. The van der Waals surface area contributed by atoms with E-state index in [-0.39, 0.29) is 5.78 Å². The van der Waals surface area contributed by atoms with Gasteiger partial charge in [0.2, 0.25) is 5.78 Å². The number of aryl methyl sites for hydroxylation is 1. The van der Waals surface area contributed by atoms with Crippen LogP contribution in [0.4, 0.5) is 0 Å². The molecule has 0 aliphatic carbocycles. The molecule has 1 aliphatic heterocycles. The third-order valence-electron chi connectivity index (χ3n) is 3.00. The zero-order valence-electron chi connectivity index (χ0n) is 9.15. The van der Waals surface area contributed by atoms with E-state index in [0.29, 0.717) is 5.69 Å². The van der Waals surface area contributed by atoms with E-state index in [9.17, 15) is 4.79 Å². The van der Waals surface area contributed by atoms with Crippen molar-refractivity contribution in [2.45, 2.75) is 6.92 Å². The largest absolute Gasteiger partial charge is 0.494 e. The number of hydrogen-bond acceptors (Lipinski definition) is 2. The lowest BCUT2D eigenvalue weighted by molar-refractivity contribution is 0.104. The fourth-order valence-electron chi connectivity index (χ4n) is 2.25. The van der Waals surface area contributed by atoms with Gasteiger partial charge < -0.3 is 9.30 Å². The highest BCUT2D eigenvalue weighted by atomic mass is 16.5. The van der Waals surface area contributed by atoms with E-state index in [4.69, 9.17) is 4.74 Å². The van der Waals surface area contributed by atoms with E-state index in [0.717, 1.165) is 22.6 Å². The maximum atomic E-state index is 12.1. The molecule has 0 saturated heterocycles. The Balaban J connectivity index is 2.41. The summed E-state index contributed by atoms with van der Waals surface area (Å²) in [6.45, 7) is 1.98. The Kier molecular flexibility index (Phi) is 1.72. The molecule has 3 heteroatoms. The minimum absolute atomic E-state index is 0.0679. The molecule has 1 aromatic carbocycles. The predicted molar refractivity (Wildman–Crippen MR) is 60.5 cm³/mol. The molecule has 2 aromatic rings. The van der Waals surface area contributed by atoms with Crippen molar-refractivity contribution < 1.29 is 9.53 Å². The summed E-state index contributed by atoms with van der Waals surface area (Å²) in [6.07, 6.45) is 1.89. The molecular formula is C13H11NO2. The highest BCUT2D eigenvalue weighted by Crippen LogP contribution is 2.37. The lowest BCUT2D eigenvalue weighted by Crippen LogP contribution is -1.97. The summed E-state index contributed by atoms with van der Waals surface area (Å²) in [4.78, 5) is 12.1. The van der Waals surface area contributed by atoms with Crippen molar-refractivity contribution in [3.63, 3.8) is 0 Å². The Morgan fingerprint density at radius 2 is 2.06 bits per heavy atom. The van der Waals surface area contributed by atoms with Crippen LogP contribution in [0.3, 0.4) is 0 Å². The number of fused-ring (bicyclic) bond motifs is 3. The standard InChI is InChI=1S/C13H11NO2/c1-8-5-6-9-11(13(8)16-2)14-7-3-4-10(14)12(9)15/h3-7H,1-2H3. The summed E-state index contributed by atoms with van der Waals surface area (Å²) in [7, 11) is 1.63. The average Bonchev–Trinajstić information content (AvgIpc) is 2.83. The summed E-state index contributed by atoms with van der Waals surface area (Å²) < 4.78 is 7.28. The van der Waals surface area contributed by atoms with Crippen LogP contribution in [0, 0.1) is 6.92 Å². The Morgan fingerprint density at radius 3 is 2.81 bits per heavy atom. The summed E-state index contributed by atoms with van der Waals surface area (Å²) in [5.41, 5.74) is 3.33. The second-order valence-corrected chi connectivity index (χ2v) is 3.90. The van der Waals surface area contributed by atoms with E-state index < -0.39 is 0 Å². The van der Waals surface area contributed by atoms with Gasteiger partial charge in [0.1, 0.15) is 5.75 Å². The molecule has 0 spiro atoms. The van der Waals surface area contributed by atoms with Crippen LogP contribution in [0.5, 0.6) is 5.75 Å². The van der Waals surface area contributed by atoms with Crippen molar-refractivity contribution in [1.29, 1.82) is 0 Å². The van der Waals surface area contributed by atoms with Crippen LogP contribution < -0.4 is 4.74 Å². The van der Waals surface area contributed by atoms with Gasteiger partial charge in [0.25, 0.3) is 0 Å². The Morgan fingerprint density at radius 1 is 1.25 bits per heavy atom. The zero-order chi connectivity index (χ0) is 11.3. The van der Waals surface area contributed by atoms with Gasteiger partial charge in [-0.15, -0.1) is 0 Å². The molecule has 0 amide bonds. The molecule has 0 N–H and O–H groups in total. The van der Waals surface area contributed by atoms with Crippen molar-refractivity contribution in [3.05, 3.63) is 47.3 Å². The SMILES string of the molecule is COc1c(C)ccc2c1-n1cccc1C2=O. The molecule has 16 heavy (non-hydrogen) atoms. The molecule has 3 nitrogen and oxygen atoms in total. The van der Waals surface area contributed by atoms with Crippen LogP contribution in [-0.4, -0.2) is 17.5 Å². The lowest BCUT2D eigenvalue weighted by atomic mass is 10.1. The number of aromatic nitrogens is 1. The van der Waals surface area contributed by atoms with Gasteiger partial charge in [-0.3, -0.25) is 4.79 Å². The highest BCUT2D eigenvalue weighted by molar-refractivity contribution is 6.14. The van der Waals surface area contributed by atoms with Crippen molar-refractivity contribution in [3.8, 4) is 11.4 Å². The van der Waals surface area contributed by atoms with Crippen molar-refractivity contribution in [2.24, 2.45) is 0 Å². The smallest absolute Gasteiger partial charge is 0.211 e. The summed E-state index contributed by atoms with van der Waals surface area (Å²) >= 11 is 0. The van der Waals surface area contributed by atoms with Crippen molar-refractivity contribution >= 4 is 5.78 Å². The molecule has 0 bridgehead atoms. The lowest BCUT2D eigenvalue weighted by Gasteiger charge is -2.10. The quantitative estimate of drug-likeness (QED) is 0.621. The predicted octanol–water partition coefficient (Wildman–Crippen LogP) is 2.34. The first-order valence-corrected chi connectivity index (χ1v) is 5.14. The fraction of sp³-hybridized carbons (Fsp3) is 0.154. The molecule has 0 saturated carbocycles. The molecule has 3 rings (SSSR count). The number of benzene rings is 1. The maximum absolute atomic E-state index is 12.1. The summed E-state index contributed by atoms with van der Waals surface area (Å²) in [6, 6.07) is 7.49. The maximum Gasteiger partial charge on any atom is 0.211 e. The normalized spacial score (nSPS) is 12.5.